The number of aromatic amines is 1. The molecule has 0 aliphatic heterocycles. The molecule has 0 aliphatic rings. The summed E-state index contributed by atoms with van der Waals surface area (Å²) in [5.74, 6) is 0.320. The van der Waals surface area contributed by atoms with Gasteiger partial charge in [0.15, 0.2) is 5.78 Å². The van der Waals surface area contributed by atoms with E-state index in [-0.39, 0.29) is 23.7 Å². The Hall–Kier alpha value is -1.68. The van der Waals surface area contributed by atoms with Crippen molar-refractivity contribution < 1.29 is 4.79 Å². The van der Waals surface area contributed by atoms with Crippen LogP contribution >= 0.6 is 0 Å². The largest absolute Gasteiger partial charge is 0.361 e. The Bertz CT molecular complexity index is 514. The van der Waals surface area contributed by atoms with Crippen molar-refractivity contribution in [2.75, 3.05) is 13.6 Å². The summed E-state index contributed by atoms with van der Waals surface area (Å²) in [6.07, 6.45) is 5.55. The predicted molar refractivity (Wildman–Crippen MR) is 90.1 cm³/mol. The fourth-order valence-corrected chi connectivity index (χ4v) is 2.57. The van der Waals surface area contributed by atoms with E-state index in [1.807, 2.05) is 33.2 Å². The third-order valence-electron chi connectivity index (χ3n) is 3.74. The van der Waals surface area contributed by atoms with Crippen LogP contribution in [0.2, 0.25) is 0 Å². The molecule has 0 aliphatic carbocycles. The number of Topliss-reactive ketones (excluding diaryl/α,β-unsaturated/α-hetero) is 1. The average molecular weight is 289 g/mol. The molecule has 2 N–H and O–H groups in total. The van der Waals surface area contributed by atoms with Crippen LogP contribution in [0.1, 0.15) is 50.4 Å². The van der Waals surface area contributed by atoms with E-state index in [1.165, 1.54) is 0 Å². The number of hydrogen-bond acceptors (Lipinski definition) is 3. The molecular weight excluding hydrogens is 262 g/mol. The minimum atomic E-state index is -0.188. The van der Waals surface area contributed by atoms with Crippen molar-refractivity contribution in [3.05, 3.63) is 29.6 Å². The van der Waals surface area contributed by atoms with Gasteiger partial charge in [0, 0.05) is 42.6 Å². The Morgan fingerprint density at radius 3 is 2.62 bits per heavy atom. The van der Waals surface area contributed by atoms with Gasteiger partial charge in [-0.05, 0) is 18.2 Å². The van der Waals surface area contributed by atoms with Gasteiger partial charge in [0.1, 0.15) is 0 Å². The SMILES string of the molecule is C=Cc1[nH]cc(C(C)C(NCC)C(=O)C(C)C)c1C=NC. The summed E-state index contributed by atoms with van der Waals surface area (Å²) in [4.78, 5) is 19.8. The maximum absolute atomic E-state index is 12.5. The molecule has 1 aromatic heterocycles. The van der Waals surface area contributed by atoms with Gasteiger partial charge in [-0.1, -0.05) is 34.3 Å². The molecular formula is C17H27N3O. The van der Waals surface area contributed by atoms with Crippen LogP contribution in [0, 0.1) is 5.92 Å². The van der Waals surface area contributed by atoms with Gasteiger partial charge in [-0.15, -0.1) is 0 Å². The number of aliphatic imine (C=N–C) groups is 1. The first-order chi connectivity index (χ1) is 9.97. The van der Waals surface area contributed by atoms with Gasteiger partial charge in [0.2, 0.25) is 0 Å². The first kappa shape index (κ1) is 17.4. The zero-order chi connectivity index (χ0) is 16.0. The molecule has 4 nitrogen and oxygen atoms in total. The number of carbonyl (C=O) groups is 1. The molecule has 2 atom stereocenters. The average Bonchev–Trinajstić information content (AvgIpc) is 2.86. The molecule has 0 amide bonds. The Labute approximate surface area is 127 Å². The van der Waals surface area contributed by atoms with E-state index < -0.39 is 0 Å². The van der Waals surface area contributed by atoms with Crippen molar-refractivity contribution in [1.29, 1.82) is 0 Å². The number of nitrogens with zero attached hydrogens (tertiary/aromatic N) is 1. The summed E-state index contributed by atoms with van der Waals surface area (Å²) in [6.45, 7) is 12.6. The Morgan fingerprint density at radius 1 is 1.48 bits per heavy atom. The zero-order valence-electron chi connectivity index (χ0n) is 13.7. The van der Waals surface area contributed by atoms with E-state index >= 15 is 0 Å². The predicted octanol–water partition coefficient (Wildman–Crippen LogP) is 3.01. The second-order valence-corrected chi connectivity index (χ2v) is 5.54. The van der Waals surface area contributed by atoms with E-state index in [9.17, 15) is 4.79 Å². The molecule has 116 valence electrons. The molecule has 0 saturated heterocycles. The Balaban J connectivity index is 3.20. The quantitative estimate of drug-likeness (QED) is 0.723. The molecule has 0 aromatic carbocycles. The topological polar surface area (TPSA) is 57.2 Å². The lowest BCUT2D eigenvalue weighted by Gasteiger charge is -2.25. The van der Waals surface area contributed by atoms with Crippen LogP contribution in [0.15, 0.2) is 17.8 Å². The monoisotopic (exact) mass is 289 g/mol. The van der Waals surface area contributed by atoms with Crippen molar-refractivity contribution in [2.45, 2.75) is 39.7 Å². The minimum absolute atomic E-state index is 0.0117. The van der Waals surface area contributed by atoms with Crippen LogP contribution in [-0.2, 0) is 4.79 Å². The fraction of sp³-hybridized carbons (Fsp3) is 0.529. The fourth-order valence-electron chi connectivity index (χ4n) is 2.57. The second-order valence-electron chi connectivity index (χ2n) is 5.54. The molecule has 0 fully saturated rings. The summed E-state index contributed by atoms with van der Waals surface area (Å²) in [5, 5.41) is 3.32. The summed E-state index contributed by atoms with van der Waals surface area (Å²) in [6, 6.07) is -0.188. The number of rotatable bonds is 8. The zero-order valence-corrected chi connectivity index (χ0v) is 13.7. The maximum atomic E-state index is 12.5. The highest BCUT2D eigenvalue weighted by atomic mass is 16.1. The number of H-pyrrole nitrogens is 1. The van der Waals surface area contributed by atoms with E-state index in [0.29, 0.717) is 0 Å². The van der Waals surface area contributed by atoms with Crippen molar-refractivity contribution in [1.82, 2.24) is 10.3 Å². The van der Waals surface area contributed by atoms with Crippen LogP contribution < -0.4 is 5.32 Å². The molecule has 0 radical (unpaired) electrons. The molecule has 1 heterocycles. The first-order valence-electron chi connectivity index (χ1n) is 7.50. The smallest absolute Gasteiger partial charge is 0.152 e. The highest BCUT2D eigenvalue weighted by molar-refractivity contribution is 5.89. The van der Waals surface area contributed by atoms with Gasteiger partial charge >= 0.3 is 0 Å². The van der Waals surface area contributed by atoms with Gasteiger partial charge in [0.25, 0.3) is 0 Å². The summed E-state index contributed by atoms with van der Waals surface area (Å²) in [7, 11) is 1.75. The van der Waals surface area contributed by atoms with Crippen molar-refractivity contribution in [3.63, 3.8) is 0 Å². The highest BCUT2D eigenvalue weighted by Gasteiger charge is 2.29. The standard InChI is InChI=1S/C17H27N3O/c1-7-15-14(9-18-6)13(10-20-15)12(5)16(19-8-2)17(21)11(3)4/h7,9-12,16,19-20H,1,8H2,2-6H3. The lowest BCUT2D eigenvalue weighted by Crippen LogP contribution is -2.43. The summed E-state index contributed by atoms with van der Waals surface area (Å²) >= 11 is 0. The number of ketones is 1. The minimum Gasteiger partial charge on any atom is -0.361 e. The van der Waals surface area contributed by atoms with E-state index in [4.69, 9.17) is 0 Å². The lowest BCUT2D eigenvalue weighted by molar-refractivity contribution is -0.124. The van der Waals surface area contributed by atoms with Crippen molar-refractivity contribution in [2.24, 2.45) is 10.9 Å². The van der Waals surface area contributed by atoms with Gasteiger partial charge in [-0.25, -0.2) is 0 Å². The molecule has 4 heteroatoms. The molecule has 0 spiro atoms. The van der Waals surface area contributed by atoms with Crippen LogP contribution in [0.3, 0.4) is 0 Å². The highest BCUT2D eigenvalue weighted by Crippen LogP contribution is 2.27. The molecule has 2 unspecified atom stereocenters. The second kappa shape index (κ2) is 7.93. The third kappa shape index (κ3) is 3.91. The van der Waals surface area contributed by atoms with E-state index in [2.05, 4.69) is 28.8 Å². The third-order valence-corrected chi connectivity index (χ3v) is 3.74. The van der Waals surface area contributed by atoms with Crippen LogP contribution in [0.25, 0.3) is 6.08 Å². The van der Waals surface area contributed by atoms with Crippen LogP contribution in [0.4, 0.5) is 0 Å². The van der Waals surface area contributed by atoms with Crippen molar-refractivity contribution >= 4 is 18.1 Å². The maximum Gasteiger partial charge on any atom is 0.152 e. The molecule has 0 saturated carbocycles. The molecule has 21 heavy (non-hydrogen) atoms. The normalized spacial score (nSPS) is 14.6. The van der Waals surface area contributed by atoms with Crippen molar-refractivity contribution in [3.8, 4) is 0 Å². The van der Waals surface area contributed by atoms with Crippen LogP contribution in [-0.4, -0.2) is 36.6 Å². The number of carbonyl (C=O) groups excluding carboxylic acids is 1. The Morgan fingerprint density at radius 2 is 2.14 bits per heavy atom. The van der Waals surface area contributed by atoms with Gasteiger partial charge in [-0.3, -0.25) is 9.79 Å². The van der Waals surface area contributed by atoms with E-state index in [1.54, 1.807) is 13.1 Å². The number of nitrogens with one attached hydrogen (secondary N) is 2. The molecule has 1 aromatic rings. The van der Waals surface area contributed by atoms with Crippen LogP contribution in [0.5, 0.6) is 0 Å². The van der Waals surface area contributed by atoms with Gasteiger partial charge in [-0.2, -0.15) is 0 Å². The Kier molecular flexibility index (Phi) is 6.56. The number of aromatic nitrogens is 1. The summed E-state index contributed by atoms with van der Waals surface area (Å²) < 4.78 is 0. The first-order valence-corrected chi connectivity index (χ1v) is 7.50. The van der Waals surface area contributed by atoms with Gasteiger partial charge in [0.05, 0.1) is 6.04 Å². The van der Waals surface area contributed by atoms with Gasteiger partial charge < -0.3 is 10.3 Å². The molecule has 1 rings (SSSR count). The number of likely N-dealkylation sites (N-methyl/N-ethyl adjacent to an activating group) is 1. The summed E-state index contributed by atoms with van der Waals surface area (Å²) in [5.41, 5.74) is 3.05. The van der Waals surface area contributed by atoms with E-state index in [0.717, 1.165) is 23.4 Å². The molecule has 0 bridgehead atoms. The number of hydrogen-bond donors (Lipinski definition) is 2. The lowest BCUT2D eigenvalue weighted by atomic mass is 9.86.